The van der Waals surface area contributed by atoms with E-state index in [9.17, 15) is 18.0 Å². The summed E-state index contributed by atoms with van der Waals surface area (Å²) in [6, 6.07) is 18.3. The van der Waals surface area contributed by atoms with Crippen molar-refractivity contribution in [2.75, 3.05) is 23.7 Å². The summed E-state index contributed by atoms with van der Waals surface area (Å²) in [4.78, 5) is 28.8. The van der Waals surface area contributed by atoms with Crippen LogP contribution < -0.4 is 9.62 Å². The molecule has 3 aromatic rings. The minimum Gasteiger partial charge on any atom is -0.355 e. The van der Waals surface area contributed by atoms with E-state index in [0.29, 0.717) is 27.8 Å². The number of sulfonamides is 1. The molecular weight excluding hydrogens is 625 g/mol. The number of amides is 2. The first-order chi connectivity index (χ1) is 18.4. The zero-order chi connectivity index (χ0) is 28.7. The van der Waals surface area contributed by atoms with Gasteiger partial charge < -0.3 is 10.2 Å². The van der Waals surface area contributed by atoms with Crippen molar-refractivity contribution in [1.29, 1.82) is 0 Å². The topological polar surface area (TPSA) is 86.8 Å². The summed E-state index contributed by atoms with van der Waals surface area (Å²) in [5.41, 5.74) is 2.57. The molecule has 0 fully saturated rings. The Morgan fingerprint density at radius 1 is 1.03 bits per heavy atom. The van der Waals surface area contributed by atoms with E-state index in [1.54, 1.807) is 43.3 Å². The number of anilines is 1. The quantitative estimate of drug-likeness (QED) is 0.291. The number of hydrogen-bond acceptors (Lipinski definition) is 4. The van der Waals surface area contributed by atoms with E-state index in [0.717, 1.165) is 26.2 Å². The van der Waals surface area contributed by atoms with Crippen molar-refractivity contribution in [1.82, 2.24) is 10.2 Å². The highest BCUT2D eigenvalue weighted by molar-refractivity contribution is 9.10. The molecule has 0 aromatic heterocycles. The Hall–Kier alpha value is -2.59. The Bertz CT molecular complexity index is 1440. The number of carbonyl (C=O) groups excluding carboxylic acids is 2. The van der Waals surface area contributed by atoms with E-state index in [2.05, 4.69) is 21.2 Å². The van der Waals surface area contributed by atoms with Crippen LogP contribution in [0.15, 0.2) is 71.2 Å². The number of benzene rings is 3. The van der Waals surface area contributed by atoms with Gasteiger partial charge >= 0.3 is 0 Å². The van der Waals surface area contributed by atoms with Gasteiger partial charge in [-0.05, 0) is 60.9 Å². The lowest BCUT2D eigenvalue weighted by molar-refractivity contribution is -0.140. The van der Waals surface area contributed by atoms with Gasteiger partial charge in [0.15, 0.2) is 0 Å². The second-order valence-electron chi connectivity index (χ2n) is 9.06. The van der Waals surface area contributed by atoms with Gasteiger partial charge in [0.05, 0.1) is 11.9 Å². The molecule has 1 N–H and O–H groups in total. The Balaban J connectivity index is 2.07. The molecule has 0 unspecified atom stereocenters. The van der Waals surface area contributed by atoms with Gasteiger partial charge in [0, 0.05) is 34.0 Å². The first-order valence-electron chi connectivity index (χ1n) is 12.2. The molecule has 1 atom stereocenters. The lowest BCUT2D eigenvalue weighted by Crippen LogP contribution is -2.53. The summed E-state index contributed by atoms with van der Waals surface area (Å²) in [6.45, 7) is 3.45. The second-order valence-corrected chi connectivity index (χ2v) is 12.7. The Labute approximate surface area is 248 Å². The van der Waals surface area contributed by atoms with E-state index in [4.69, 9.17) is 23.2 Å². The molecule has 3 aromatic carbocycles. The number of halogens is 3. The Morgan fingerprint density at radius 3 is 2.31 bits per heavy atom. The van der Waals surface area contributed by atoms with E-state index in [1.807, 2.05) is 37.3 Å². The van der Waals surface area contributed by atoms with Crippen molar-refractivity contribution < 1.29 is 18.0 Å². The van der Waals surface area contributed by atoms with Gasteiger partial charge in [-0.2, -0.15) is 0 Å². The van der Waals surface area contributed by atoms with Gasteiger partial charge in [0.1, 0.15) is 12.6 Å². The number of aryl methyl sites for hydroxylation is 1. The molecule has 0 spiro atoms. The van der Waals surface area contributed by atoms with Gasteiger partial charge in [0.25, 0.3) is 0 Å². The summed E-state index contributed by atoms with van der Waals surface area (Å²) >= 11 is 16.0. The zero-order valence-electron chi connectivity index (χ0n) is 21.8. The smallest absolute Gasteiger partial charge is 0.244 e. The van der Waals surface area contributed by atoms with Crippen LogP contribution >= 0.6 is 39.1 Å². The number of nitrogens with zero attached hydrogens (tertiary/aromatic N) is 2. The predicted molar refractivity (Wildman–Crippen MR) is 161 cm³/mol. The molecule has 0 saturated heterocycles. The summed E-state index contributed by atoms with van der Waals surface area (Å²) in [7, 11) is -3.85. The SMILES string of the molecule is CCNC(=O)[C@@H](Cc1ccccc1)N(Cc1ccc(Cl)cc1Cl)C(=O)CN(c1ccc(Br)c(C)c1)S(C)(=O)=O. The van der Waals surface area contributed by atoms with Crippen LogP contribution in [-0.2, 0) is 32.6 Å². The maximum absolute atomic E-state index is 14.0. The highest BCUT2D eigenvalue weighted by Gasteiger charge is 2.33. The summed E-state index contributed by atoms with van der Waals surface area (Å²) in [6.07, 6.45) is 1.27. The van der Waals surface area contributed by atoms with Crippen molar-refractivity contribution in [2.24, 2.45) is 0 Å². The van der Waals surface area contributed by atoms with Crippen LogP contribution in [0.5, 0.6) is 0 Å². The van der Waals surface area contributed by atoms with E-state index < -0.39 is 28.5 Å². The summed E-state index contributed by atoms with van der Waals surface area (Å²) in [5.74, 6) is -0.913. The van der Waals surface area contributed by atoms with E-state index in [-0.39, 0.29) is 18.9 Å². The molecule has 2 amide bonds. The van der Waals surface area contributed by atoms with Gasteiger partial charge in [-0.15, -0.1) is 0 Å². The summed E-state index contributed by atoms with van der Waals surface area (Å²) in [5, 5.41) is 3.58. The maximum atomic E-state index is 14.0. The largest absolute Gasteiger partial charge is 0.355 e. The Morgan fingerprint density at radius 2 is 1.72 bits per heavy atom. The molecule has 7 nitrogen and oxygen atoms in total. The fourth-order valence-corrected chi connectivity index (χ4v) is 5.63. The second kappa shape index (κ2) is 13.7. The molecular formula is C28H30BrCl2N3O4S. The molecule has 0 saturated carbocycles. The third-order valence-corrected chi connectivity index (χ3v) is 8.70. The van der Waals surface area contributed by atoms with Gasteiger partial charge in [-0.1, -0.05) is 75.5 Å². The van der Waals surface area contributed by atoms with Crippen molar-refractivity contribution in [3.8, 4) is 0 Å². The third kappa shape index (κ3) is 8.45. The third-order valence-electron chi connectivity index (χ3n) is 6.09. The molecule has 11 heteroatoms. The van der Waals surface area contributed by atoms with Crippen LogP contribution in [0.1, 0.15) is 23.6 Å². The van der Waals surface area contributed by atoms with Gasteiger partial charge in [-0.25, -0.2) is 8.42 Å². The lowest BCUT2D eigenvalue weighted by atomic mass is 10.0. The van der Waals surface area contributed by atoms with E-state index in [1.165, 1.54) is 4.90 Å². The van der Waals surface area contributed by atoms with Crippen LogP contribution in [0, 0.1) is 6.92 Å². The van der Waals surface area contributed by atoms with Crippen molar-refractivity contribution in [3.63, 3.8) is 0 Å². The highest BCUT2D eigenvalue weighted by atomic mass is 79.9. The molecule has 0 heterocycles. The first kappa shape index (κ1) is 30.9. The van der Waals surface area contributed by atoms with Crippen LogP contribution in [0.25, 0.3) is 0 Å². The van der Waals surface area contributed by atoms with E-state index >= 15 is 0 Å². The van der Waals surface area contributed by atoms with Crippen LogP contribution in [0.4, 0.5) is 5.69 Å². The number of hydrogen-bond donors (Lipinski definition) is 1. The fraction of sp³-hybridized carbons (Fsp3) is 0.286. The molecule has 3 rings (SSSR count). The van der Waals surface area contributed by atoms with Crippen LogP contribution in [0.3, 0.4) is 0 Å². The standard InChI is InChI=1S/C28H30BrCl2N3O4S/c1-4-32-28(36)26(15-20-8-6-5-7-9-20)33(17-21-10-11-22(30)16-25(21)31)27(35)18-34(39(3,37)38)23-12-13-24(29)19(2)14-23/h5-14,16,26H,4,15,17-18H2,1-3H3,(H,32,36)/t26-/m1/s1. The normalized spacial score (nSPS) is 12.1. The van der Waals surface area contributed by atoms with Crippen molar-refractivity contribution >= 4 is 66.7 Å². The average Bonchev–Trinajstić information content (AvgIpc) is 2.87. The predicted octanol–water partition coefficient (Wildman–Crippen LogP) is 5.61. The molecule has 0 bridgehead atoms. The summed E-state index contributed by atoms with van der Waals surface area (Å²) < 4.78 is 27.6. The average molecular weight is 655 g/mol. The fourth-order valence-electron chi connectivity index (χ4n) is 4.08. The zero-order valence-corrected chi connectivity index (χ0v) is 25.7. The number of nitrogens with one attached hydrogen (secondary N) is 1. The molecule has 208 valence electrons. The van der Waals surface area contributed by atoms with Crippen LogP contribution in [-0.4, -0.2) is 50.5 Å². The van der Waals surface area contributed by atoms with Gasteiger partial charge in [0.2, 0.25) is 21.8 Å². The number of rotatable bonds is 11. The Kier molecular flexibility index (Phi) is 10.8. The highest BCUT2D eigenvalue weighted by Crippen LogP contribution is 2.27. The number of likely N-dealkylation sites (N-methyl/N-ethyl adjacent to an activating group) is 1. The molecule has 0 aliphatic rings. The monoisotopic (exact) mass is 653 g/mol. The maximum Gasteiger partial charge on any atom is 0.244 e. The van der Waals surface area contributed by atoms with Crippen LogP contribution in [0.2, 0.25) is 10.0 Å². The minimum atomic E-state index is -3.85. The van der Waals surface area contributed by atoms with Gasteiger partial charge in [-0.3, -0.25) is 13.9 Å². The minimum absolute atomic E-state index is 0.0273. The molecule has 0 radical (unpaired) electrons. The first-order valence-corrected chi connectivity index (χ1v) is 15.6. The molecule has 0 aliphatic carbocycles. The lowest BCUT2D eigenvalue weighted by Gasteiger charge is -2.33. The molecule has 39 heavy (non-hydrogen) atoms. The van der Waals surface area contributed by atoms with Crippen molar-refractivity contribution in [3.05, 3.63) is 97.9 Å². The number of carbonyl (C=O) groups is 2. The van der Waals surface area contributed by atoms with Crippen molar-refractivity contribution in [2.45, 2.75) is 32.9 Å². The molecule has 0 aliphatic heterocycles.